The molecule has 1 atom stereocenters. The van der Waals surface area contributed by atoms with Gasteiger partial charge in [0.2, 0.25) is 5.91 Å². The van der Waals surface area contributed by atoms with E-state index in [0.717, 1.165) is 28.6 Å². The zero-order chi connectivity index (χ0) is 16.1. The van der Waals surface area contributed by atoms with Crippen molar-refractivity contribution in [3.8, 4) is 5.75 Å². The summed E-state index contributed by atoms with van der Waals surface area (Å²) >= 11 is 3.43. The molecule has 1 fully saturated rings. The number of amides is 1. The average Bonchev–Trinajstić information content (AvgIpc) is 2.92. The van der Waals surface area contributed by atoms with E-state index in [2.05, 4.69) is 15.9 Å². The van der Waals surface area contributed by atoms with Gasteiger partial charge in [-0.25, -0.2) is 0 Å². The van der Waals surface area contributed by atoms with Crippen molar-refractivity contribution in [1.29, 1.82) is 0 Å². The lowest BCUT2D eigenvalue weighted by molar-refractivity contribution is -0.139. The van der Waals surface area contributed by atoms with E-state index in [1.165, 1.54) is 0 Å². The smallest absolute Gasteiger partial charge is 0.305 e. The summed E-state index contributed by atoms with van der Waals surface area (Å²) in [5.74, 6) is -0.0457. The fraction of sp³-hybridized carbons (Fsp3) is 0.500. The second-order valence-electron chi connectivity index (χ2n) is 5.45. The van der Waals surface area contributed by atoms with Crippen LogP contribution in [0.1, 0.15) is 31.2 Å². The molecular weight excluding hydrogens is 350 g/mol. The molecule has 1 aromatic carbocycles. The number of aryl methyl sites for hydroxylation is 1. The standard InChI is InChI=1S/C16H20BrNO4/c1-22-14-6-4-11(9-13(14)17)5-7-15(19)18-8-2-3-12(18)10-16(20)21/h4,6,9,12H,2-3,5,7-8,10H2,1H3,(H,20,21). The highest BCUT2D eigenvalue weighted by Gasteiger charge is 2.29. The number of aliphatic carboxylic acids is 1. The number of carboxylic acid groups (broad SMARTS) is 1. The monoisotopic (exact) mass is 369 g/mol. The summed E-state index contributed by atoms with van der Waals surface area (Å²) in [5.41, 5.74) is 1.05. The van der Waals surface area contributed by atoms with Crippen LogP contribution in [0.5, 0.6) is 5.75 Å². The second-order valence-corrected chi connectivity index (χ2v) is 6.30. The van der Waals surface area contributed by atoms with Gasteiger partial charge in [0.25, 0.3) is 0 Å². The SMILES string of the molecule is COc1ccc(CCC(=O)N2CCCC2CC(=O)O)cc1Br. The van der Waals surface area contributed by atoms with Crippen LogP contribution in [0.15, 0.2) is 22.7 Å². The van der Waals surface area contributed by atoms with E-state index < -0.39 is 5.97 Å². The second kappa shape index (κ2) is 7.63. The number of ether oxygens (including phenoxy) is 1. The zero-order valence-electron chi connectivity index (χ0n) is 12.5. The van der Waals surface area contributed by atoms with Crippen molar-refractivity contribution in [1.82, 2.24) is 4.90 Å². The molecule has 1 saturated heterocycles. The summed E-state index contributed by atoms with van der Waals surface area (Å²) < 4.78 is 6.05. The molecule has 1 aliphatic rings. The van der Waals surface area contributed by atoms with E-state index >= 15 is 0 Å². The Hall–Kier alpha value is -1.56. The zero-order valence-corrected chi connectivity index (χ0v) is 14.1. The van der Waals surface area contributed by atoms with Crippen LogP contribution < -0.4 is 4.74 Å². The van der Waals surface area contributed by atoms with Crippen molar-refractivity contribution in [2.45, 2.75) is 38.1 Å². The number of hydrogen-bond acceptors (Lipinski definition) is 3. The molecule has 120 valence electrons. The highest BCUT2D eigenvalue weighted by molar-refractivity contribution is 9.10. The molecule has 1 aliphatic heterocycles. The predicted molar refractivity (Wildman–Crippen MR) is 86.0 cm³/mol. The highest BCUT2D eigenvalue weighted by atomic mass is 79.9. The van der Waals surface area contributed by atoms with Gasteiger partial charge in [0.15, 0.2) is 0 Å². The molecule has 1 heterocycles. The summed E-state index contributed by atoms with van der Waals surface area (Å²) in [4.78, 5) is 24.9. The average molecular weight is 370 g/mol. The maximum absolute atomic E-state index is 12.3. The molecule has 0 radical (unpaired) electrons. The molecule has 5 nitrogen and oxygen atoms in total. The first kappa shape index (κ1) is 16.8. The first-order chi connectivity index (χ1) is 10.5. The Labute approximate surface area is 138 Å². The van der Waals surface area contributed by atoms with Crippen molar-refractivity contribution in [3.05, 3.63) is 28.2 Å². The fourth-order valence-electron chi connectivity index (χ4n) is 2.84. The van der Waals surface area contributed by atoms with Gasteiger partial charge in [-0.05, 0) is 52.9 Å². The summed E-state index contributed by atoms with van der Waals surface area (Å²) in [6.45, 7) is 0.670. The maximum Gasteiger partial charge on any atom is 0.305 e. The number of hydrogen-bond donors (Lipinski definition) is 1. The minimum absolute atomic E-state index is 0.0377. The Morgan fingerprint density at radius 3 is 2.86 bits per heavy atom. The molecular formula is C16H20BrNO4. The van der Waals surface area contributed by atoms with Gasteiger partial charge < -0.3 is 14.7 Å². The predicted octanol–water partition coefficient (Wildman–Crippen LogP) is 2.86. The van der Waals surface area contributed by atoms with Crippen molar-refractivity contribution in [2.75, 3.05) is 13.7 Å². The van der Waals surface area contributed by atoms with Crippen LogP contribution in [0.3, 0.4) is 0 Å². The van der Waals surface area contributed by atoms with Crippen LogP contribution in [0.2, 0.25) is 0 Å². The van der Waals surface area contributed by atoms with Gasteiger partial charge in [0, 0.05) is 19.0 Å². The molecule has 0 bridgehead atoms. The number of carbonyl (C=O) groups excluding carboxylic acids is 1. The first-order valence-corrected chi connectivity index (χ1v) is 8.14. The van der Waals surface area contributed by atoms with Gasteiger partial charge in [-0.15, -0.1) is 0 Å². The minimum Gasteiger partial charge on any atom is -0.496 e. The number of halogens is 1. The van der Waals surface area contributed by atoms with Crippen LogP contribution in [0, 0.1) is 0 Å². The van der Waals surface area contributed by atoms with Gasteiger partial charge in [-0.3, -0.25) is 9.59 Å². The molecule has 1 aromatic rings. The number of carbonyl (C=O) groups is 2. The molecule has 0 saturated carbocycles. The Bertz CT molecular complexity index is 561. The number of likely N-dealkylation sites (tertiary alicyclic amines) is 1. The van der Waals surface area contributed by atoms with E-state index in [1.54, 1.807) is 12.0 Å². The van der Waals surface area contributed by atoms with Crippen molar-refractivity contribution >= 4 is 27.8 Å². The van der Waals surface area contributed by atoms with E-state index in [4.69, 9.17) is 9.84 Å². The van der Waals surface area contributed by atoms with Crippen LogP contribution in [0.25, 0.3) is 0 Å². The third-order valence-corrected chi connectivity index (χ3v) is 4.57. The first-order valence-electron chi connectivity index (χ1n) is 7.35. The molecule has 1 unspecified atom stereocenters. The Kier molecular flexibility index (Phi) is 5.83. The van der Waals surface area contributed by atoms with Crippen LogP contribution in [-0.4, -0.2) is 41.6 Å². The van der Waals surface area contributed by atoms with Gasteiger partial charge in [0.1, 0.15) is 5.75 Å². The molecule has 0 aromatic heterocycles. The van der Waals surface area contributed by atoms with Gasteiger partial charge in [-0.2, -0.15) is 0 Å². The number of benzene rings is 1. The molecule has 6 heteroatoms. The van der Waals surface area contributed by atoms with Gasteiger partial charge in [0.05, 0.1) is 18.0 Å². The van der Waals surface area contributed by atoms with E-state index in [1.807, 2.05) is 18.2 Å². The largest absolute Gasteiger partial charge is 0.496 e. The van der Waals surface area contributed by atoms with Crippen LogP contribution in [0.4, 0.5) is 0 Å². The van der Waals surface area contributed by atoms with Gasteiger partial charge in [-0.1, -0.05) is 6.07 Å². The minimum atomic E-state index is -0.844. The molecule has 0 aliphatic carbocycles. The number of rotatable bonds is 6. The third kappa shape index (κ3) is 4.22. The Morgan fingerprint density at radius 2 is 2.23 bits per heavy atom. The fourth-order valence-corrected chi connectivity index (χ4v) is 3.43. The number of carboxylic acids is 1. The summed E-state index contributed by atoms with van der Waals surface area (Å²) in [6, 6.07) is 5.61. The van der Waals surface area contributed by atoms with Crippen molar-refractivity contribution in [2.24, 2.45) is 0 Å². The van der Waals surface area contributed by atoms with Gasteiger partial charge >= 0.3 is 5.97 Å². The lowest BCUT2D eigenvalue weighted by Crippen LogP contribution is -2.36. The Morgan fingerprint density at radius 1 is 1.45 bits per heavy atom. The molecule has 1 N–H and O–H groups in total. The van der Waals surface area contributed by atoms with Crippen LogP contribution in [-0.2, 0) is 16.0 Å². The lowest BCUT2D eigenvalue weighted by Gasteiger charge is -2.23. The third-order valence-electron chi connectivity index (χ3n) is 3.95. The lowest BCUT2D eigenvalue weighted by atomic mass is 10.1. The highest BCUT2D eigenvalue weighted by Crippen LogP contribution is 2.26. The van der Waals surface area contributed by atoms with Crippen molar-refractivity contribution < 1.29 is 19.4 Å². The maximum atomic E-state index is 12.3. The Balaban J connectivity index is 1.92. The van der Waals surface area contributed by atoms with E-state index in [9.17, 15) is 9.59 Å². The normalized spacial score (nSPS) is 17.5. The molecule has 1 amide bonds. The topological polar surface area (TPSA) is 66.8 Å². The van der Waals surface area contributed by atoms with E-state index in [-0.39, 0.29) is 18.4 Å². The summed E-state index contributed by atoms with van der Waals surface area (Å²) in [5, 5.41) is 8.91. The summed E-state index contributed by atoms with van der Waals surface area (Å²) in [7, 11) is 1.61. The van der Waals surface area contributed by atoms with Crippen molar-refractivity contribution in [3.63, 3.8) is 0 Å². The molecule has 2 rings (SSSR count). The number of methoxy groups -OCH3 is 1. The molecule has 0 spiro atoms. The van der Waals surface area contributed by atoms with E-state index in [0.29, 0.717) is 19.4 Å². The molecule has 22 heavy (non-hydrogen) atoms. The summed E-state index contributed by atoms with van der Waals surface area (Å²) in [6.07, 6.45) is 2.75. The van der Waals surface area contributed by atoms with Crippen LogP contribution >= 0.6 is 15.9 Å². The quantitative estimate of drug-likeness (QED) is 0.836. The number of nitrogens with zero attached hydrogens (tertiary/aromatic N) is 1.